The third-order valence-electron chi connectivity index (χ3n) is 3.26. The minimum atomic E-state index is 0.195. The Bertz CT molecular complexity index is 179. The molecule has 0 aromatic carbocycles. The van der Waals surface area contributed by atoms with E-state index in [2.05, 4.69) is 19.2 Å². The monoisotopic (exact) mass is 247 g/mol. The summed E-state index contributed by atoms with van der Waals surface area (Å²) in [4.78, 5) is 0. The van der Waals surface area contributed by atoms with Crippen molar-refractivity contribution in [3.8, 4) is 0 Å². The summed E-state index contributed by atoms with van der Waals surface area (Å²) in [5.41, 5.74) is 0.195. The zero-order valence-corrected chi connectivity index (χ0v) is 11.5. The summed E-state index contributed by atoms with van der Waals surface area (Å²) >= 11 is 6.10. The number of hydrogen-bond acceptors (Lipinski definition) is 2. The Hall–Kier alpha value is 0.210. The van der Waals surface area contributed by atoms with Gasteiger partial charge in [-0.05, 0) is 18.8 Å². The molecule has 16 heavy (non-hydrogen) atoms. The maximum absolute atomic E-state index is 6.10. The molecule has 3 heteroatoms. The summed E-state index contributed by atoms with van der Waals surface area (Å²) < 4.78 is 5.57. The first-order valence-corrected chi connectivity index (χ1v) is 7.11. The molecule has 0 heterocycles. The van der Waals surface area contributed by atoms with Crippen LogP contribution in [0.25, 0.3) is 0 Å². The van der Waals surface area contributed by atoms with Crippen LogP contribution < -0.4 is 5.32 Å². The Labute approximate surface area is 105 Å². The van der Waals surface area contributed by atoms with Gasteiger partial charge in [-0.15, -0.1) is 11.6 Å². The highest BCUT2D eigenvalue weighted by Crippen LogP contribution is 2.28. The molecular weight excluding hydrogens is 222 g/mol. The molecule has 0 unspecified atom stereocenters. The van der Waals surface area contributed by atoms with Crippen molar-refractivity contribution in [3.63, 3.8) is 0 Å². The first kappa shape index (κ1) is 14.3. The van der Waals surface area contributed by atoms with E-state index in [9.17, 15) is 0 Å². The third-order valence-corrected chi connectivity index (χ3v) is 3.78. The molecule has 1 N–H and O–H groups in total. The van der Waals surface area contributed by atoms with Crippen molar-refractivity contribution < 1.29 is 4.74 Å². The van der Waals surface area contributed by atoms with Crippen LogP contribution in [-0.4, -0.2) is 31.2 Å². The molecule has 0 aromatic heterocycles. The highest BCUT2D eigenvalue weighted by Gasteiger charge is 2.29. The molecule has 1 saturated carbocycles. The number of halogens is 1. The lowest BCUT2D eigenvalue weighted by Gasteiger charge is -2.36. The topological polar surface area (TPSA) is 21.3 Å². The van der Waals surface area contributed by atoms with Gasteiger partial charge in [-0.25, -0.2) is 0 Å². The average Bonchev–Trinajstić information content (AvgIpc) is 2.29. The van der Waals surface area contributed by atoms with Gasteiger partial charge < -0.3 is 10.1 Å². The third kappa shape index (κ3) is 5.03. The second kappa shape index (κ2) is 7.52. The minimum Gasteiger partial charge on any atom is -0.380 e. The van der Waals surface area contributed by atoms with Gasteiger partial charge in [0.05, 0.1) is 6.61 Å². The summed E-state index contributed by atoms with van der Waals surface area (Å²) in [7, 11) is 0. The number of ether oxygens (including phenoxy) is 1. The molecule has 0 spiro atoms. The van der Waals surface area contributed by atoms with Crippen molar-refractivity contribution in [2.75, 3.05) is 25.6 Å². The van der Waals surface area contributed by atoms with E-state index in [0.717, 1.165) is 25.6 Å². The fraction of sp³-hybridized carbons (Fsp3) is 1.00. The number of hydrogen-bond donors (Lipinski definition) is 1. The van der Waals surface area contributed by atoms with E-state index in [4.69, 9.17) is 16.3 Å². The van der Waals surface area contributed by atoms with Gasteiger partial charge in [0.1, 0.15) is 0 Å². The fourth-order valence-electron chi connectivity index (χ4n) is 2.29. The Morgan fingerprint density at radius 3 is 2.50 bits per heavy atom. The maximum atomic E-state index is 6.10. The van der Waals surface area contributed by atoms with Crippen LogP contribution in [-0.2, 0) is 4.74 Å². The standard InChI is InChI=1S/C13H26ClNO/c1-12(2)10-16-9-8-15-13(11-14)6-4-3-5-7-13/h12,15H,3-11H2,1-2H3. The first-order valence-electron chi connectivity index (χ1n) is 6.57. The molecule has 0 aromatic rings. The van der Waals surface area contributed by atoms with Crippen molar-refractivity contribution in [2.45, 2.75) is 51.5 Å². The second-order valence-corrected chi connectivity index (χ2v) is 5.64. The SMILES string of the molecule is CC(C)COCCNC1(CCl)CCCCC1. The Morgan fingerprint density at radius 1 is 1.25 bits per heavy atom. The van der Waals surface area contributed by atoms with Gasteiger partial charge in [0.15, 0.2) is 0 Å². The molecular formula is C13H26ClNO. The lowest BCUT2D eigenvalue weighted by Crippen LogP contribution is -2.49. The van der Waals surface area contributed by atoms with Gasteiger partial charge in [0, 0.05) is 24.6 Å². The summed E-state index contributed by atoms with van der Waals surface area (Å²) in [6.07, 6.45) is 6.44. The fourth-order valence-corrected chi connectivity index (χ4v) is 2.66. The zero-order chi connectivity index (χ0) is 11.9. The lowest BCUT2D eigenvalue weighted by molar-refractivity contribution is 0.103. The van der Waals surface area contributed by atoms with Crippen molar-refractivity contribution >= 4 is 11.6 Å². The van der Waals surface area contributed by atoms with Gasteiger partial charge in [0.2, 0.25) is 0 Å². The molecule has 0 radical (unpaired) electrons. The molecule has 96 valence electrons. The average molecular weight is 248 g/mol. The molecule has 0 bridgehead atoms. The number of nitrogens with one attached hydrogen (secondary N) is 1. The Kier molecular flexibility index (Phi) is 6.71. The lowest BCUT2D eigenvalue weighted by atomic mass is 9.83. The molecule has 1 rings (SSSR count). The second-order valence-electron chi connectivity index (χ2n) is 5.37. The quantitative estimate of drug-likeness (QED) is 0.551. The van der Waals surface area contributed by atoms with E-state index < -0.39 is 0 Å². The van der Waals surface area contributed by atoms with E-state index in [-0.39, 0.29) is 5.54 Å². The van der Waals surface area contributed by atoms with Crippen LogP contribution in [0.15, 0.2) is 0 Å². The summed E-state index contributed by atoms with van der Waals surface area (Å²) in [5, 5.41) is 3.60. The zero-order valence-electron chi connectivity index (χ0n) is 10.7. The van der Waals surface area contributed by atoms with E-state index in [0.29, 0.717) is 5.92 Å². The smallest absolute Gasteiger partial charge is 0.0591 e. The van der Waals surface area contributed by atoms with Gasteiger partial charge in [-0.2, -0.15) is 0 Å². The van der Waals surface area contributed by atoms with Crippen LogP contribution in [0, 0.1) is 5.92 Å². The predicted molar refractivity (Wildman–Crippen MR) is 70.2 cm³/mol. The first-order chi connectivity index (χ1) is 7.68. The highest BCUT2D eigenvalue weighted by molar-refractivity contribution is 6.18. The number of rotatable bonds is 7. The molecule has 1 aliphatic rings. The van der Waals surface area contributed by atoms with Gasteiger partial charge >= 0.3 is 0 Å². The highest BCUT2D eigenvalue weighted by atomic mass is 35.5. The number of alkyl halides is 1. The van der Waals surface area contributed by atoms with Crippen LogP contribution in [0.5, 0.6) is 0 Å². The molecule has 2 nitrogen and oxygen atoms in total. The van der Waals surface area contributed by atoms with E-state index in [1.807, 2.05) is 0 Å². The van der Waals surface area contributed by atoms with Crippen molar-refractivity contribution in [3.05, 3.63) is 0 Å². The van der Waals surface area contributed by atoms with Crippen LogP contribution in [0.1, 0.15) is 46.0 Å². The van der Waals surface area contributed by atoms with Gasteiger partial charge in [-0.3, -0.25) is 0 Å². The molecule has 1 aliphatic carbocycles. The molecule has 0 atom stereocenters. The van der Waals surface area contributed by atoms with Crippen molar-refractivity contribution in [1.82, 2.24) is 5.32 Å². The minimum absolute atomic E-state index is 0.195. The van der Waals surface area contributed by atoms with E-state index in [1.165, 1.54) is 32.1 Å². The molecule has 0 amide bonds. The summed E-state index contributed by atoms with van der Waals surface area (Å²) in [6, 6.07) is 0. The van der Waals surface area contributed by atoms with Crippen LogP contribution in [0.4, 0.5) is 0 Å². The molecule has 0 saturated heterocycles. The van der Waals surface area contributed by atoms with Crippen molar-refractivity contribution in [2.24, 2.45) is 5.92 Å². The predicted octanol–water partition coefficient (Wildman–Crippen LogP) is 3.19. The van der Waals surface area contributed by atoms with E-state index in [1.54, 1.807) is 0 Å². The van der Waals surface area contributed by atoms with E-state index >= 15 is 0 Å². The van der Waals surface area contributed by atoms with Gasteiger partial charge in [0.25, 0.3) is 0 Å². The van der Waals surface area contributed by atoms with Crippen LogP contribution in [0.3, 0.4) is 0 Å². The Balaban J connectivity index is 2.13. The molecule has 0 aliphatic heterocycles. The Morgan fingerprint density at radius 2 is 1.94 bits per heavy atom. The van der Waals surface area contributed by atoms with Crippen molar-refractivity contribution in [1.29, 1.82) is 0 Å². The summed E-state index contributed by atoms with van der Waals surface area (Å²) in [5.74, 6) is 1.36. The van der Waals surface area contributed by atoms with Crippen LogP contribution >= 0.6 is 11.6 Å². The summed E-state index contributed by atoms with van der Waals surface area (Å²) in [6.45, 7) is 6.94. The largest absolute Gasteiger partial charge is 0.380 e. The van der Waals surface area contributed by atoms with Crippen LogP contribution in [0.2, 0.25) is 0 Å². The normalized spacial score (nSPS) is 20.2. The molecule has 1 fully saturated rings. The van der Waals surface area contributed by atoms with Gasteiger partial charge in [-0.1, -0.05) is 33.1 Å². The maximum Gasteiger partial charge on any atom is 0.0591 e.